The molecule has 2 aromatic rings. The molecule has 0 aliphatic heterocycles. The normalized spacial score (nSPS) is 12.2. The summed E-state index contributed by atoms with van der Waals surface area (Å²) in [5.74, 6) is 0.799. The van der Waals surface area contributed by atoms with Gasteiger partial charge >= 0.3 is 0 Å². The molecule has 0 amide bonds. The van der Waals surface area contributed by atoms with Crippen molar-refractivity contribution >= 4 is 27.5 Å². The Morgan fingerprint density at radius 3 is 2.65 bits per heavy atom. The van der Waals surface area contributed by atoms with E-state index in [1.165, 1.54) is 12.1 Å². The first-order valence-corrected chi connectivity index (χ1v) is 7.29. The number of halogens is 3. The number of rotatable bonds is 4. The second-order valence-electron chi connectivity index (χ2n) is 4.61. The van der Waals surface area contributed by atoms with Crippen molar-refractivity contribution in [2.75, 3.05) is 0 Å². The summed E-state index contributed by atoms with van der Waals surface area (Å²) in [7, 11) is 0. The summed E-state index contributed by atoms with van der Waals surface area (Å²) in [6.45, 7) is 1.93. The van der Waals surface area contributed by atoms with Gasteiger partial charge in [-0.05, 0) is 65.2 Å². The van der Waals surface area contributed by atoms with Crippen LogP contribution < -0.4 is 10.5 Å². The van der Waals surface area contributed by atoms with Crippen LogP contribution in [0.15, 0.2) is 40.9 Å². The van der Waals surface area contributed by atoms with Gasteiger partial charge in [0.25, 0.3) is 0 Å². The molecule has 1 unspecified atom stereocenters. The van der Waals surface area contributed by atoms with E-state index in [-0.39, 0.29) is 11.9 Å². The predicted molar refractivity (Wildman–Crippen MR) is 83.0 cm³/mol. The van der Waals surface area contributed by atoms with Gasteiger partial charge in [-0.25, -0.2) is 4.39 Å². The lowest BCUT2D eigenvalue weighted by molar-refractivity contribution is 0.477. The number of hydrogen-bond donors (Lipinski definition) is 1. The van der Waals surface area contributed by atoms with E-state index in [2.05, 4.69) is 15.9 Å². The molecule has 2 nitrogen and oxygen atoms in total. The maximum atomic E-state index is 13.0. The molecule has 0 aliphatic carbocycles. The molecule has 0 saturated carbocycles. The number of ether oxygens (including phenoxy) is 1. The average Bonchev–Trinajstić information content (AvgIpc) is 2.36. The summed E-state index contributed by atoms with van der Waals surface area (Å²) in [5, 5.41) is 0.609. The molecule has 0 heterocycles. The quantitative estimate of drug-likeness (QED) is 0.841. The molecule has 5 heteroatoms. The molecule has 0 bridgehead atoms. The van der Waals surface area contributed by atoms with Crippen molar-refractivity contribution < 1.29 is 9.13 Å². The van der Waals surface area contributed by atoms with E-state index in [1.54, 1.807) is 12.1 Å². The first-order chi connectivity index (χ1) is 9.45. The summed E-state index contributed by atoms with van der Waals surface area (Å²) in [6.07, 6.45) is 0.708. The van der Waals surface area contributed by atoms with Gasteiger partial charge in [-0.15, -0.1) is 0 Å². The van der Waals surface area contributed by atoms with Crippen LogP contribution in [0.1, 0.15) is 12.5 Å². The molecule has 1 atom stereocenters. The van der Waals surface area contributed by atoms with E-state index in [1.807, 2.05) is 19.1 Å². The van der Waals surface area contributed by atoms with Crippen molar-refractivity contribution in [2.24, 2.45) is 5.73 Å². The Hall–Kier alpha value is -1.10. The molecule has 0 radical (unpaired) electrons. The summed E-state index contributed by atoms with van der Waals surface area (Å²) in [4.78, 5) is 0. The van der Waals surface area contributed by atoms with Gasteiger partial charge in [0, 0.05) is 11.1 Å². The van der Waals surface area contributed by atoms with Crippen LogP contribution in [0.3, 0.4) is 0 Å². The topological polar surface area (TPSA) is 35.2 Å². The summed E-state index contributed by atoms with van der Waals surface area (Å²) >= 11 is 9.45. The highest BCUT2D eigenvalue weighted by atomic mass is 79.9. The Balaban J connectivity index is 2.20. The predicted octanol–water partition coefficient (Wildman–Crippen LogP) is 4.92. The van der Waals surface area contributed by atoms with Crippen LogP contribution in [0.25, 0.3) is 0 Å². The number of benzene rings is 2. The Morgan fingerprint density at radius 1 is 1.30 bits per heavy atom. The molecule has 2 N–H and O–H groups in total. The highest BCUT2D eigenvalue weighted by Crippen LogP contribution is 2.32. The zero-order valence-corrected chi connectivity index (χ0v) is 13.2. The van der Waals surface area contributed by atoms with Gasteiger partial charge < -0.3 is 10.5 Å². The first-order valence-electron chi connectivity index (χ1n) is 6.12. The minimum atomic E-state index is -0.325. The Morgan fingerprint density at radius 2 is 2.05 bits per heavy atom. The third-order valence-corrected chi connectivity index (χ3v) is 3.66. The van der Waals surface area contributed by atoms with E-state index in [0.717, 1.165) is 5.56 Å². The smallest absolute Gasteiger partial charge is 0.141 e. The molecule has 0 saturated heterocycles. The molecule has 2 aromatic carbocycles. The number of hydrogen-bond acceptors (Lipinski definition) is 2. The SMILES string of the molecule is CC(N)Cc1ccc(Oc2ccc(F)cc2Br)cc1Cl. The summed E-state index contributed by atoms with van der Waals surface area (Å²) in [6, 6.07) is 9.73. The van der Waals surface area contributed by atoms with Crippen LogP contribution in [0.2, 0.25) is 5.02 Å². The molecule has 106 valence electrons. The zero-order valence-electron chi connectivity index (χ0n) is 10.9. The largest absolute Gasteiger partial charge is 0.456 e. The standard InChI is InChI=1S/C15H14BrClFNO/c1-9(19)6-10-2-4-12(8-14(10)17)20-15-5-3-11(18)7-13(15)16/h2-5,7-9H,6,19H2,1H3. The fourth-order valence-corrected chi connectivity index (χ4v) is 2.47. The lowest BCUT2D eigenvalue weighted by Crippen LogP contribution is -2.17. The van der Waals surface area contributed by atoms with Crippen molar-refractivity contribution in [1.29, 1.82) is 0 Å². The van der Waals surface area contributed by atoms with Crippen molar-refractivity contribution in [3.63, 3.8) is 0 Å². The van der Waals surface area contributed by atoms with Crippen LogP contribution in [0.4, 0.5) is 4.39 Å². The monoisotopic (exact) mass is 357 g/mol. The lowest BCUT2D eigenvalue weighted by Gasteiger charge is -2.11. The van der Waals surface area contributed by atoms with Crippen LogP contribution in [-0.4, -0.2) is 6.04 Å². The second kappa shape index (κ2) is 6.57. The second-order valence-corrected chi connectivity index (χ2v) is 5.87. The fourth-order valence-electron chi connectivity index (χ4n) is 1.79. The summed E-state index contributed by atoms with van der Waals surface area (Å²) in [5.41, 5.74) is 6.74. The van der Waals surface area contributed by atoms with E-state index in [0.29, 0.717) is 27.4 Å². The van der Waals surface area contributed by atoms with E-state index in [9.17, 15) is 4.39 Å². The van der Waals surface area contributed by atoms with E-state index >= 15 is 0 Å². The molecular formula is C15H14BrClFNO. The molecule has 20 heavy (non-hydrogen) atoms. The van der Waals surface area contributed by atoms with Crippen LogP contribution in [0.5, 0.6) is 11.5 Å². The third kappa shape index (κ3) is 3.95. The van der Waals surface area contributed by atoms with Crippen LogP contribution >= 0.6 is 27.5 Å². The Kier molecular flexibility index (Phi) is 5.02. The Bertz CT molecular complexity index is 619. The van der Waals surface area contributed by atoms with Crippen molar-refractivity contribution in [3.05, 3.63) is 57.3 Å². The van der Waals surface area contributed by atoms with Gasteiger partial charge in [-0.3, -0.25) is 0 Å². The molecular weight excluding hydrogens is 345 g/mol. The van der Waals surface area contributed by atoms with Gasteiger partial charge in [-0.1, -0.05) is 17.7 Å². The average molecular weight is 359 g/mol. The minimum Gasteiger partial charge on any atom is -0.456 e. The molecule has 0 fully saturated rings. The number of nitrogens with two attached hydrogens (primary N) is 1. The Labute approximate surface area is 130 Å². The van der Waals surface area contributed by atoms with Gasteiger partial charge in [0.05, 0.1) is 4.47 Å². The van der Waals surface area contributed by atoms with E-state index in [4.69, 9.17) is 22.1 Å². The highest BCUT2D eigenvalue weighted by molar-refractivity contribution is 9.10. The summed E-state index contributed by atoms with van der Waals surface area (Å²) < 4.78 is 19.2. The molecule has 0 aromatic heterocycles. The third-order valence-electron chi connectivity index (χ3n) is 2.69. The van der Waals surface area contributed by atoms with Crippen molar-refractivity contribution in [1.82, 2.24) is 0 Å². The molecule has 0 spiro atoms. The van der Waals surface area contributed by atoms with Gasteiger partial charge in [0.1, 0.15) is 17.3 Å². The minimum absolute atomic E-state index is 0.0468. The fraction of sp³-hybridized carbons (Fsp3) is 0.200. The highest BCUT2D eigenvalue weighted by Gasteiger charge is 2.08. The lowest BCUT2D eigenvalue weighted by atomic mass is 10.1. The van der Waals surface area contributed by atoms with E-state index < -0.39 is 0 Å². The molecule has 2 rings (SSSR count). The van der Waals surface area contributed by atoms with Crippen molar-refractivity contribution in [2.45, 2.75) is 19.4 Å². The zero-order chi connectivity index (χ0) is 14.7. The van der Waals surface area contributed by atoms with Gasteiger partial charge in [0.15, 0.2) is 0 Å². The molecule has 0 aliphatic rings. The maximum Gasteiger partial charge on any atom is 0.141 e. The van der Waals surface area contributed by atoms with Gasteiger partial charge in [-0.2, -0.15) is 0 Å². The van der Waals surface area contributed by atoms with Crippen molar-refractivity contribution in [3.8, 4) is 11.5 Å². The van der Waals surface area contributed by atoms with Gasteiger partial charge in [0.2, 0.25) is 0 Å². The van der Waals surface area contributed by atoms with Crippen LogP contribution in [0, 0.1) is 5.82 Å². The van der Waals surface area contributed by atoms with Crippen LogP contribution in [-0.2, 0) is 6.42 Å². The first kappa shape index (κ1) is 15.3. The maximum absolute atomic E-state index is 13.0.